The van der Waals surface area contributed by atoms with E-state index < -0.39 is 0 Å². The Labute approximate surface area is 86.7 Å². The lowest BCUT2D eigenvalue weighted by molar-refractivity contribution is 1.22. The molecule has 0 heterocycles. The van der Waals surface area contributed by atoms with E-state index in [2.05, 4.69) is 6.92 Å². The summed E-state index contributed by atoms with van der Waals surface area (Å²) in [5.74, 6) is 0. The quantitative estimate of drug-likeness (QED) is 0.521. The van der Waals surface area contributed by atoms with E-state index in [0.29, 0.717) is 11.4 Å². The van der Waals surface area contributed by atoms with Crippen LogP contribution in [0.2, 0.25) is 0 Å². The van der Waals surface area contributed by atoms with Crippen molar-refractivity contribution in [2.24, 2.45) is 5.73 Å². The minimum atomic E-state index is 0.511. The van der Waals surface area contributed by atoms with E-state index in [1.807, 2.05) is 39.0 Å². The van der Waals surface area contributed by atoms with Crippen molar-refractivity contribution in [2.45, 2.75) is 34.1 Å². The summed E-state index contributed by atoms with van der Waals surface area (Å²) in [5, 5.41) is 7.90. The van der Waals surface area contributed by atoms with Gasteiger partial charge in [-0.25, -0.2) is 0 Å². The van der Waals surface area contributed by atoms with Gasteiger partial charge in [0.05, 0.1) is 5.71 Å². The largest absolute Gasteiger partial charge is 0.402 e. The fourth-order valence-corrected chi connectivity index (χ4v) is 0.982. The summed E-state index contributed by atoms with van der Waals surface area (Å²) < 4.78 is 0. The second kappa shape index (κ2) is 6.19. The highest BCUT2D eigenvalue weighted by Gasteiger charge is 2.04. The second-order valence-electron chi connectivity index (χ2n) is 3.24. The lowest BCUT2D eigenvalue weighted by Gasteiger charge is -2.06. The van der Waals surface area contributed by atoms with Crippen molar-refractivity contribution in [3.63, 3.8) is 0 Å². The molecule has 0 radical (unpaired) electrons. The highest BCUT2D eigenvalue weighted by atomic mass is 14.6. The molecule has 2 heteroatoms. The number of allylic oxidation sites excluding steroid dienone is 6. The monoisotopic (exact) mass is 192 g/mol. The Hall–Kier alpha value is -1.31. The van der Waals surface area contributed by atoms with Gasteiger partial charge in [0, 0.05) is 5.70 Å². The van der Waals surface area contributed by atoms with Crippen LogP contribution in [0, 0.1) is 5.41 Å². The lowest BCUT2D eigenvalue weighted by atomic mass is 10.0. The lowest BCUT2D eigenvalue weighted by Crippen LogP contribution is -2.07. The normalized spacial score (nSPS) is 14.4. The molecule has 0 unspecified atom stereocenters. The van der Waals surface area contributed by atoms with Crippen LogP contribution in [0.25, 0.3) is 0 Å². The molecule has 14 heavy (non-hydrogen) atoms. The summed E-state index contributed by atoms with van der Waals surface area (Å²) in [6.45, 7) is 7.70. The van der Waals surface area contributed by atoms with Gasteiger partial charge >= 0.3 is 0 Å². The average molecular weight is 192 g/mol. The summed E-state index contributed by atoms with van der Waals surface area (Å²) in [7, 11) is 0. The van der Waals surface area contributed by atoms with Crippen molar-refractivity contribution in [2.75, 3.05) is 0 Å². The van der Waals surface area contributed by atoms with E-state index in [-0.39, 0.29) is 0 Å². The van der Waals surface area contributed by atoms with Crippen molar-refractivity contribution >= 4 is 5.71 Å². The van der Waals surface area contributed by atoms with Crippen molar-refractivity contribution in [3.05, 3.63) is 35.1 Å². The molecule has 0 aliphatic carbocycles. The van der Waals surface area contributed by atoms with Crippen LogP contribution in [0.5, 0.6) is 0 Å². The molecule has 78 valence electrons. The third-order valence-corrected chi connectivity index (χ3v) is 2.10. The first-order valence-corrected chi connectivity index (χ1v) is 4.89. The van der Waals surface area contributed by atoms with E-state index in [9.17, 15) is 0 Å². The molecule has 0 atom stereocenters. The fraction of sp³-hybridized carbons (Fsp3) is 0.417. The standard InChI is InChI=1S/C12H20N2/c1-5-7-8-11(6-2)12(14)9(3)10(4)13/h6-8,14H,5,13H2,1-4H3/b8-7-,10-9+,11-6+,14-12?. The summed E-state index contributed by atoms with van der Waals surface area (Å²) in [6.07, 6.45) is 6.92. The molecule has 0 aromatic heterocycles. The summed E-state index contributed by atoms with van der Waals surface area (Å²) >= 11 is 0. The first-order valence-electron chi connectivity index (χ1n) is 4.89. The van der Waals surface area contributed by atoms with E-state index >= 15 is 0 Å². The first kappa shape index (κ1) is 12.7. The van der Waals surface area contributed by atoms with Gasteiger partial charge in [0.25, 0.3) is 0 Å². The van der Waals surface area contributed by atoms with Crippen molar-refractivity contribution < 1.29 is 0 Å². The van der Waals surface area contributed by atoms with Gasteiger partial charge in [-0.1, -0.05) is 25.2 Å². The Morgan fingerprint density at radius 2 is 1.93 bits per heavy atom. The zero-order valence-electron chi connectivity index (χ0n) is 9.52. The molecule has 0 saturated heterocycles. The van der Waals surface area contributed by atoms with Gasteiger partial charge in [-0.15, -0.1) is 0 Å². The predicted octanol–water partition coefficient (Wildman–Crippen LogP) is 3.17. The number of nitrogens with two attached hydrogens (primary N) is 1. The van der Waals surface area contributed by atoms with Crippen LogP contribution >= 0.6 is 0 Å². The first-order chi connectivity index (χ1) is 6.54. The van der Waals surface area contributed by atoms with Gasteiger partial charge in [0.15, 0.2) is 0 Å². The van der Waals surface area contributed by atoms with Gasteiger partial charge in [0.1, 0.15) is 0 Å². The highest BCUT2D eigenvalue weighted by molar-refractivity contribution is 6.11. The molecule has 2 nitrogen and oxygen atoms in total. The third-order valence-electron chi connectivity index (χ3n) is 2.10. The van der Waals surface area contributed by atoms with E-state index in [1.54, 1.807) is 0 Å². The summed E-state index contributed by atoms with van der Waals surface area (Å²) in [4.78, 5) is 0. The van der Waals surface area contributed by atoms with E-state index in [1.165, 1.54) is 0 Å². The van der Waals surface area contributed by atoms with Crippen molar-refractivity contribution in [1.82, 2.24) is 0 Å². The van der Waals surface area contributed by atoms with Crippen LogP contribution in [-0.2, 0) is 0 Å². The maximum atomic E-state index is 7.90. The number of nitrogens with one attached hydrogen (secondary N) is 1. The predicted molar refractivity (Wildman–Crippen MR) is 63.5 cm³/mol. The maximum absolute atomic E-state index is 7.90. The number of hydrogen-bond acceptors (Lipinski definition) is 2. The van der Waals surface area contributed by atoms with Gasteiger partial charge in [-0.3, -0.25) is 5.41 Å². The smallest absolute Gasteiger partial charge is 0.0654 e. The Bertz CT molecular complexity index is 289. The second-order valence-corrected chi connectivity index (χ2v) is 3.24. The number of hydrogen-bond donors (Lipinski definition) is 2. The molecule has 0 aromatic carbocycles. The van der Waals surface area contributed by atoms with Crippen molar-refractivity contribution in [1.29, 1.82) is 5.41 Å². The van der Waals surface area contributed by atoms with Gasteiger partial charge < -0.3 is 5.73 Å². The molecule has 0 aliphatic rings. The Kier molecular flexibility index (Phi) is 5.61. The molecular formula is C12H20N2. The molecule has 3 N–H and O–H groups in total. The Balaban J connectivity index is 4.84. The Morgan fingerprint density at radius 1 is 1.36 bits per heavy atom. The molecule has 0 amide bonds. The van der Waals surface area contributed by atoms with Crippen LogP contribution < -0.4 is 5.73 Å². The molecular weight excluding hydrogens is 172 g/mol. The SMILES string of the molecule is C/C=C(\C=C/CC)C(=N)/C(C)=C(\C)N. The average Bonchev–Trinajstić information content (AvgIpc) is 2.17. The van der Waals surface area contributed by atoms with Gasteiger partial charge in [0.2, 0.25) is 0 Å². The maximum Gasteiger partial charge on any atom is 0.0654 e. The fourth-order valence-electron chi connectivity index (χ4n) is 0.982. The molecule has 0 saturated carbocycles. The van der Waals surface area contributed by atoms with Gasteiger partial charge in [-0.2, -0.15) is 0 Å². The third kappa shape index (κ3) is 3.60. The molecule has 0 bridgehead atoms. The zero-order valence-corrected chi connectivity index (χ0v) is 9.52. The molecule has 0 aliphatic heterocycles. The minimum absolute atomic E-state index is 0.511. The van der Waals surface area contributed by atoms with E-state index in [4.69, 9.17) is 11.1 Å². The molecule has 0 rings (SSSR count). The topological polar surface area (TPSA) is 49.9 Å². The molecule has 0 aromatic rings. The van der Waals surface area contributed by atoms with Crippen LogP contribution in [0.15, 0.2) is 35.1 Å². The van der Waals surface area contributed by atoms with Crippen molar-refractivity contribution in [3.8, 4) is 0 Å². The van der Waals surface area contributed by atoms with Crippen LogP contribution in [-0.4, -0.2) is 5.71 Å². The summed E-state index contributed by atoms with van der Waals surface area (Å²) in [6, 6.07) is 0. The van der Waals surface area contributed by atoms with Crippen LogP contribution in [0.1, 0.15) is 34.1 Å². The van der Waals surface area contributed by atoms with Gasteiger partial charge in [-0.05, 0) is 38.3 Å². The molecule has 0 spiro atoms. The molecule has 0 fully saturated rings. The summed E-state index contributed by atoms with van der Waals surface area (Å²) in [5.41, 5.74) is 8.64. The zero-order chi connectivity index (χ0) is 11.1. The Morgan fingerprint density at radius 3 is 2.29 bits per heavy atom. The minimum Gasteiger partial charge on any atom is -0.402 e. The van der Waals surface area contributed by atoms with Crippen LogP contribution in [0.3, 0.4) is 0 Å². The van der Waals surface area contributed by atoms with E-state index in [0.717, 1.165) is 17.6 Å². The van der Waals surface area contributed by atoms with Crippen LogP contribution in [0.4, 0.5) is 0 Å². The highest BCUT2D eigenvalue weighted by Crippen LogP contribution is 2.10. The number of rotatable bonds is 4.